The Morgan fingerprint density at radius 2 is 1.29 bits per heavy atom. The van der Waals surface area contributed by atoms with E-state index in [1.165, 1.54) is 0 Å². The predicted molar refractivity (Wildman–Crippen MR) is 17.8 cm³/mol. The summed E-state index contributed by atoms with van der Waals surface area (Å²) in [7, 11) is 0. The molecule has 0 bridgehead atoms. The van der Waals surface area contributed by atoms with Crippen molar-refractivity contribution in [1.82, 2.24) is 0 Å². The first-order chi connectivity index (χ1) is 2.00. The minimum absolute atomic E-state index is 0. The Balaban J connectivity index is -0.0000000267. The second-order valence-electron chi connectivity index (χ2n) is 0.513. The Bertz CT molecular complexity index is 58.6. The molecule has 0 aliphatic heterocycles. The fraction of sp³-hybridized carbons (Fsp3) is 0. The van der Waals surface area contributed by atoms with E-state index in [0.29, 0.717) is 0 Å². The van der Waals surface area contributed by atoms with Gasteiger partial charge in [0.2, 0.25) is 0 Å². The molecule has 0 fully saturated rings. The molecular formula is H6NaO5Sb. The fourth-order valence-electron chi connectivity index (χ4n) is 0. The van der Waals surface area contributed by atoms with E-state index >= 15 is 0 Å². The molecule has 0 saturated carbocycles. The summed E-state index contributed by atoms with van der Waals surface area (Å²) in [6.07, 6.45) is 0. The molecule has 0 aliphatic rings. The van der Waals surface area contributed by atoms with Crippen molar-refractivity contribution in [3.8, 4) is 0 Å². The molecule has 0 aromatic carbocycles. The minimum atomic E-state index is -5.35. The Labute approximate surface area is 69.1 Å². The number of hydrogen-bond acceptors (Lipinski definition) is 1. The van der Waals surface area contributed by atoms with Crippen LogP contribution in [0.25, 0.3) is 0 Å². The van der Waals surface area contributed by atoms with Gasteiger partial charge in [0, 0.05) is 0 Å². The molecule has 0 unspecified atom stereocenters. The molecule has 42 valence electrons. The molecule has 7 heavy (non-hydrogen) atoms. The number of rotatable bonds is 0. The maximum absolute atomic E-state index is 8.97. The third-order valence-corrected chi connectivity index (χ3v) is 0. The van der Waals surface area contributed by atoms with Gasteiger partial charge in [-0.25, -0.2) is 0 Å². The van der Waals surface area contributed by atoms with Gasteiger partial charge in [0.25, 0.3) is 0 Å². The zero-order chi connectivity index (χ0) is 4.50. The van der Waals surface area contributed by atoms with Crippen LogP contribution >= 0.6 is 0 Å². The van der Waals surface area contributed by atoms with Gasteiger partial charge in [0.05, 0.1) is 0 Å². The van der Waals surface area contributed by atoms with Gasteiger partial charge < -0.3 is 6.90 Å². The second-order valence-corrected chi connectivity index (χ2v) is 3.44. The van der Waals surface area contributed by atoms with E-state index in [9.17, 15) is 0 Å². The van der Waals surface area contributed by atoms with Gasteiger partial charge in [-0.1, -0.05) is 0 Å². The van der Waals surface area contributed by atoms with Gasteiger partial charge >= 0.3 is 62.8 Å². The Kier molecular flexibility index (Phi) is 12.6. The topological polar surface area (TPSA) is 109 Å². The van der Waals surface area contributed by atoms with Crippen molar-refractivity contribution in [3.63, 3.8) is 0 Å². The molecule has 0 aromatic rings. The van der Waals surface area contributed by atoms with Crippen LogP contribution in [-0.2, 0) is 3.02 Å². The van der Waals surface area contributed by atoms with Gasteiger partial charge in [-0.3, -0.25) is 0 Å². The van der Waals surface area contributed by atoms with Crippen LogP contribution in [0.2, 0.25) is 0 Å². The normalized spacial score (nSPS) is 8.43. The molecule has 0 rings (SSSR count). The van der Waals surface area contributed by atoms with Crippen LogP contribution in [-0.4, -0.2) is 35.7 Å². The average Bonchev–Trinajstić information content (AvgIpc) is 0.722. The first kappa shape index (κ1) is 15.8. The van der Waals surface area contributed by atoms with E-state index in [1.807, 2.05) is 0 Å². The van der Waals surface area contributed by atoms with Crippen LogP contribution in [0.3, 0.4) is 0 Å². The Morgan fingerprint density at radius 1 is 1.29 bits per heavy atom. The van der Waals surface area contributed by atoms with Crippen molar-refractivity contribution < 1.29 is 49.6 Å². The zero-order valence-corrected chi connectivity index (χ0v) is 8.25. The van der Waals surface area contributed by atoms with Crippen molar-refractivity contribution in [2.24, 2.45) is 0 Å². The predicted octanol–water partition coefficient (Wildman–Crippen LogP) is -5.88. The van der Waals surface area contributed by atoms with E-state index < -0.39 is 20.1 Å². The summed E-state index contributed by atoms with van der Waals surface area (Å²) in [6.45, 7) is 0. The van der Waals surface area contributed by atoms with Crippen LogP contribution in [0.4, 0.5) is 0 Å². The quantitative estimate of drug-likeness (QED) is 0.360. The Hall–Kier alpha value is 1.46. The molecule has 0 atom stereocenters. The standard InChI is InChI=1S/Na.4H2O.O.Sb.H/h;4*1H2;;;/q+1;;;;;;+3;-1/p-3. The van der Waals surface area contributed by atoms with Gasteiger partial charge in [0.15, 0.2) is 0 Å². The molecule has 0 spiro atoms. The van der Waals surface area contributed by atoms with E-state index in [0.717, 1.165) is 0 Å². The second kappa shape index (κ2) is 5.59. The molecule has 0 amide bonds. The van der Waals surface area contributed by atoms with E-state index in [4.69, 9.17) is 13.2 Å². The van der Waals surface area contributed by atoms with E-state index in [2.05, 4.69) is 0 Å². The van der Waals surface area contributed by atoms with E-state index in [1.54, 1.807) is 0 Å². The van der Waals surface area contributed by atoms with Crippen LogP contribution in [0.5, 0.6) is 0 Å². The molecule has 0 saturated heterocycles. The summed E-state index contributed by atoms with van der Waals surface area (Å²) in [4.78, 5) is 0. The molecule has 0 radical (unpaired) electrons. The molecule has 7 heteroatoms. The summed E-state index contributed by atoms with van der Waals surface area (Å²) < 4.78 is 30.8. The first-order valence-electron chi connectivity index (χ1n) is 0.783. The van der Waals surface area contributed by atoms with Crippen LogP contribution < -0.4 is 29.6 Å². The fourth-order valence-corrected chi connectivity index (χ4v) is 0. The third-order valence-electron chi connectivity index (χ3n) is 0. The van der Waals surface area contributed by atoms with Gasteiger partial charge in [-0.05, 0) is 0 Å². The SMILES string of the molecule is O.[H-].[Na+].[O]=[Sb]([OH])([OH])[OH]. The van der Waals surface area contributed by atoms with Crippen LogP contribution in [0, 0.1) is 0 Å². The number of hydrogen-bond donors (Lipinski definition) is 3. The summed E-state index contributed by atoms with van der Waals surface area (Å²) in [5.41, 5.74) is 0. The monoisotopic (exact) mass is 230 g/mol. The summed E-state index contributed by atoms with van der Waals surface area (Å²) in [5, 5.41) is 0. The van der Waals surface area contributed by atoms with Crippen molar-refractivity contribution in [2.45, 2.75) is 0 Å². The van der Waals surface area contributed by atoms with Crippen molar-refractivity contribution in [3.05, 3.63) is 0 Å². The molecule has 5 N–H and O–H groups in total. The summed E-state index contributed by atoms with van der Waals surface area (Å²) >= 11 is -5.35. The summed E-state index contributed by atoms with van der Waals surface area (Å²) in [6, 6.07) is 0. The first-order valence-corrected chi connectivity index (χ1v) is 5.25. The molecule has 0 heterocycles. The van der Waals surface area contributed by atoms with Crippen molar-refractivity contribution in [2.75, 3.05) is 0 Å². The van der Waals surface area contributed by atoms with Crippen molar-refractivity contribution in [1.29, 1.82) is 0 Å². The van der Waals surface area contributed by atoms with Crippen molar-refractivity contribution >= 4 is 20.1 Å². The third kappa shape index (κ3) is 104. The summed E-state index contributed by atoms with van der Waals surface area (Å²) in [5.74, 6) is 0. The molecule has 5 nitrogen and oxygen atoms in total. The zero-order valence-electron chi connectivity index (χ0n) is 4.70. The van der Waals surface area contributed by atoms with Gasteiger partial charge in [-0.15, -0.1) is 0 Å². The molecule has 0 aliphatic carbocycles. The van der Waals surface area contributed by atoms with E-state index in [-0.39, 0.29) is 36.5 Å². The van der Waals surface area contributed by atoms with Crippen LogP contribution in [0.15, 0.2) is 0 Å². The van der Waals surface area contributed by atoms with Gasteiger partial charge in [-0.2, -0.15) is 0 Å². The molecule has 0 aromatic heterocycles. The average molecular weight is 231 g/mol. The molecular weight excluding hydrogens is 225 g/mol. The van der Waals surface area contributed by atoms with Crippen LogP contribution in [0.1, 0.15) is 1.43 Å². The van der Waals surface area contributed by atoms with Gasteiger partial charge in [0.1, 0.15) is 0 Å². The maximum atomic E-state index is 8.97. The Morgan fingerprint density at radius 3 is 1.29 bits per heavy atom.